The van der Waals surface area contributed by atoms with Crippen molar-refractivity contribution in [3.05, 3.63) is 0 Å². The Morgan fingerprint density at radius 3 is 1.89 bits per heavy atom. The third-order valence-corrected chi connectivity index (χ3v) is 1.81. The minimum absolute atomic E-state index is 0.762. The van der Waals surface area contributed by atoms with Crippen LogP contribution in [0.3, 0.4) is 0 Å². The van der Waals surface area contributed by atoms with Gasteiger partial charge in [0.05, 0.1) is 0 Å². The van der Waals surface area contributed by atoms with E-state index >= 15 is 0 Å². The number of nitrogens with two attached hydrogens (primary N) is 1. The molecule has 0 bridgehead atoms. The molecule has 4 N–H and O–H groups in total. The number of carbonyl (C=O) groups is 1. The quantitative estimate of drug-likeness (QED) is 0.413. The van der Waals surface area contributed by atoms with E-state index in [9.17, 15) is 31.1 Å². The Bertz CT molecular complexity index is 334. The molecule has 0 unspecified atom stereocenters. The Morgan fingerprint density at radius 2 is 1.61 bits per heavy atom. The lowest BCUT2D eigenvalue weighted by Gasteiger charge is -2.32. The van der Waals surface area contributed by atoms with Crippen molar-refractivity contribution >= 4 is 11.7 Å². The summed E-state index contributed by atoms with van der Waals surface area (Å²) in [6.07, 6.45) is -13.7. The van der Waals surface area contributed by atoms with E-state index in [4.69, 9.17) is 5.11 Å². The first-order valence-electron chi connectivity index (χ1n) is 4.25. The molecule has 0 atom stereocenters. The van der Waals surface area contributed by atoms with Crippen molar-refractivity contribution in [1.29, 1.82) is 0 Å². The summed E-state index contributed by atoms with van der Waals surface area (Å²) in [7, 11) is 0. The van der Waals surface area contributed by atoms with Crippen molar-refractivity contribution in [2.24, 2.45) is 10.8 Å². The monoisotopic (exact) mass is 281 g/mol. The van der Waals surface area contributed by atoms with Gasteiger partial charge in [-0.2, -0.15) is 31.4 Å². The molecule has 0 aliphatic rings. The summed E-state index contributed by atoms with van der Waals surface area (Å²) < 4.78 is 73.3. The molecule has 0 aliphatic carbocycles. The van der Waals surface area contributed by atoms with Gasteiger partial charge in [-0.3, -0.25) is 0 Å². The second-order valence-corrected chi connectivity index (χ2v) is 3.36. The predicted molar refractivity (Wildman–Crippen MR) is 47.5 cm³/mol. The first kappa shape index (κ1) is 16.5. The minimum atomic E-state index is -5.94. The van der Waals surface area contributed by atoms with E-state index in [1.807, 2.05) is 0 Å². The van der Waals surface area contributed by atoms with Crippen molar-refractivity contribution in [3.63, 3.8) is 0 Å². The summed E-state index contributed by atoms with van der Waals surface area (Å²) in [5.41, 5.74) is 0.226. The Kier molecular flexibility index (Phi) is 4.58. The third-order valence-electron chi connectivity index (χ3n) is 1.81. The van der Waals surface area contributed by atoms with Crippen LogP contribution in [0.4, 0.5) is 31.1 Å². The van der Waals surface area contributed by atoms with Gasteiger partial charge in [0.2, 0.25) is 0 Å². The molecule has 0 radical (unpaired) electrons. The number of aliphatic hydroxyl groups is 1. The smallest absolute Gasteiger partial charge is 0.373 e. The highest BCUT2D eigenvalue weighted by Gasteiger charge is 2.70. The van der Waals surface area contributed by atoms with Gasteiger partial charge in [0.25, 0.3) is 5.60 Å². The fourth-order valence-electron chi connectivity index (χ4n) is 0.921. The van der Waals surface area contributed by atoms with E-state index in [0.717, 1.165) is 6.92 Å². The molecule has 0 aromatic rings. The van der Waals surface area contributed by atoms with Crippen LogP contribution < -0.4 is 11.2 Å². The van der Waals surface area contributed by atoms with Gasteiger partial charge in [0, 0.05) is 12.1 Å². The molecule has 0 aromatic carbocycles. The number of hydrogen-bond acceptors (Lipinski definition) is 3. The maximum Gasteiger partial charge on any atom is 0.426 e. The highest BCUT2D eigenvalue weighted by Crippen LogP contribution is 2.45. The van der Waals surface area contributed by atoms with E-state index in [1.54, 1.807) is 0 Å². The zero-order valence-corrected chi connectivity index (χ0v) is 8.85. The normalized spacial score (nSPS) is 14.6. The molecule has 11 heteroatoms. The Labute approximate surface area is 96.6 Å². The highest BCUT2D eigenvalue weighted by molar-refractivity contribution is 5.84. The molecule has 0 fully saturated rings. The lowest BCUT2D eigenvalue weighted by atomic mass is 9.95. The summed E-state index contributed by atoms with van der Waals surface area (Å²) in [5.74, 6) is 0. The Hall–Kier alpha value is -1.52. The SMILES string of the molecule is C/C(CC(O)(C(F)(F)F)C(F)(F)F)=N\NC(N)=O. The molecule has 0 aromatic heterocycles. The van der Waals surface area contributed by atoms with Gasteiger partial charge in [0.15, 0.2) is 0 Å². The summed E-state index contributed by atoms with van der Waals surface area (Å²) >= 11 is 0. The highest BCUT2D eigenvalue weighted by atomic mass is 19.4. The molecule has 2 amide bonds. The predicted octanol–water partition coefficient (Wildman–Crippen LogP) is 1.28. The van der Waals surface area contributed by atoms with Crippen LogP contribution in [0.25, 0.3) is 0 Å². The van der Waals surface area contributed by atoms with Crippen LogP contribution >= 0.6 is 0 Å². The van der Waals surface area contributed by atoms with Crippen LogP contribution in [0.1, 0.15) is 13.3 Å². The van der Waals surface area contributed by atoms with E-state index in [1.165, 1.54) is 5.43 Å². The van der Waals surface area contributed by atoms with Crippen molar-refractivity contribution in [2.45, 2.75) is 31.3 Å². The molecule has 106 valence electrons. The number of primary amides is 1. The number of rotatable bonds is 3. The number of carbonyl (C=O) groups excluding carboxylic acids is 1. The van der Waals surface area contributed by atoms with Crippen LogP contribution in [0.5, 0.6) is 0 Å². The first-order chi connectivity index (χ1) is 7.81. The van der Waals surface area contributed by atoms with Gasteiger partial charge in [0.1, 0.15) is 0 Å². The van der Waals surface area contributed by atoms with Crippen molar-refractivity contribution < 1.29 is 36.2 Å². The number of alkyl halides is 6. The van der Waals surface area contributed by atoms with Crippen molar-refractivity contribution in [1.82, 2.24) is 5.43 Å². The van der Waals surface area contributed by atoms with Crippen molar-refractivity contribution in [3.8, 4) is 0 Å². The summed E-state index contributed by atoms with van der Waals surface area (Å²) in [6.45, 7) is 0.762. The fraction of sp³-hybridized carbons (Fsp3) is 0.714. The number of hydrogen-bond donors (Lipinski definition) is 3. The molecule has 0 rings (SSSR count). The maximum atomic E-state index is 12.2. The topological polar surface area (TPSA) is 87.7 Å². The largest absolute Gasteiger partial charge is 0.426 e. The van der Waals surface area contributed by atoms with Gasteiger partial charge >= 0.3 is 18.4 Å². The molecule has 0 heterocycles. The summed E-state index contributed by atoms with van der Waals surface area (Å²) in [6, 6.07) is -1.27. The number of nitrogens with one attached hydrogen (secondary N) is 1. The molecule has 0 saturated carbocycles. The number of amides is 2. The van der Waals surface area contributed by atoms with Crippen LogP contribution in [0.15, 0.2) is 5.10 Å². The zero-order chi connectivity index (χ0) is 14.8. The van der Waals surface area contributed by atoms with Crippen molar-refractivity contribution in [2.75, 3.05) is 0 Å². The molecule has 0 spiro atoms. The van der Waals surface area contributed by atoms with Crippen LogP contribution in [0, 0.1) is 0 Å². The fourth-order valence-corrected chi connectivity index (χ4v) is 0.921. The van der Waals surface area contributed by atoms with Gasteiger partial charge < -0.3 is 10.8 Å². The minimum Gasteiger partial charge on any atom is -0.373 e. The second kappa shape index (κ2) is 5.00. The lowest BCUT2D eigenvalue weighted by Crippen LogP contribution is -2.57. The number of halogens is 6. The standard InChI is InChI=1S/C7H9F6N3O2/c1-3(15-16-4(14)17)2-5(18,6(8,9)10)7(11,12)13/h18H,2H2,1H3,(H3,14,16,17)/b15-3+. The van der Waals surface area contributed by atoms with Crippen LogP contribution in [-0.4, -0.2) is 34.8 Å². The summed E-state index contributed by atoms with van der Waals surface area (Å²) in [4.78, 5) is 10.2. The third kappa shape index (κ3) is 3.75. The molecule has 18 heavy (non-hydrogen) atoms. The van der Waals surface area contributed by atoms with Gasteiger partial charge in [-0.15, -0.1) is 0 Å². The van der Waals surface area contributed by atoms with E-state index in [-0.39, 0.29) is 0 Å². The van der Waals surface area contributed by atoms with Crippen LogP contribution in [0.2, 0.25) is 0 Å². The van der Waals surface area contributed by atoms with Gasteiger partial charge in [-0.25, -0.2) is 10.2 Å². The van der Waals surface area contributed by atoms with Gasteiger partial charge in [-0.1, -0.05) is 0 Å². The van der Waals surface area contributed by atoms with E-state index < -0.39 is 36.1 Å². The van der Waals surface area contributed by atoms with E-state index in [0.29, 0.717) is 0 Å². The molecular weight excluding hydrogens is 272 g/mol. The molecular formula is C7H9F6N3O2. The molecule has 0 aliphatic heterocycles. The molecule has 0 saturated heterocycles. The number of hydrazone groups is 1. The maximum absolute atomic E-state index is 12.2. The Morgan fingerprint density at radius 1 is 1.22 bits per heavy atom. The lowest BCUT2D eigenvalue weighted by molar-refractivity contribution is -0.365. The van der Waals surface area contributed by atoms with E-state index in [2.05, 4.69) is 10.8 Å². The van der Waals surface area contributed by atoms with Crippen LogP contribution in [-0.2, 0) is 0 Å². The average molecular weight is 281 g/mol. The summed E-state index contributed by atoms with van der Waals surface area (Å²) in [5, 5.41) is 11.6. The average Bonchev–Trinajstić information content (AvgIpc) is 2.10. The first-order valence-corrected chi connectivity index (χ1v) is 4.25. The second-order valence-electron chi connectivity index (χ2n) is 3.36. The number of nitrogens with zero attached hydrogens (tertiary/aromatic N) is 1. The Balaban J connectivity index is 5.18. The zero-order valence-electron chi connectivity index (χ0n) is 8.85. The molecule has 5 nitrogen and oxygen atoms in total. The van der Waals surface area contributed by atoms with Gasteiger partial charge in [-0.05, 0) is 6.92 Å². The number of urea groups is 1.